The van der Waals surface area contributed by atoms with E-state index in [1.807, 2.05) is 0 Å². The van der Waals surface area contributed by atoms with Gasteiger partial charge in [0.1, 0.15) is 0 Å². The van der Waals surface area contributed by atoms with Crippen molar-refractivity contribution in [2.45, 2.75) is 46.0 Å². The van der Waals surface area contributed by atoms with Gasteiger partial charge in [-0.1, -0.05) is 20.3 Å². The van der Waals surface area contributed by atoms with Crippen molar-refractivity contribution in [3.63, 3.8) is 0 Å². The number of likely N-dealkylation sites (tertiary alicyclic amines) is 1. The van der Waals surface area contributed by atoms with E-state index < -0.39 is 0 Å². The summed E-state index contributed by atoms with van der Waals surface area (Å²) in [6.07, 6.45) is 5.50. The van der Waals surface area contributed by atoms with Crippen molar-refractivity contribution in [2.75, 3.05) is 19.6 Å². The zero-order valence-corrected chi connectivity index (χ0v) is 10.6. The van der Waals surface area contributed by atoms with Gasteiger partial charge in [-0.15, -0.1) is 0 Å². The maximum Gasteiger partial charge on any atom is 0.228 e. The van der Waals surface area contributed by atoms with Crippen LogP contribution in [0.2, 0.25) is 0 Å². The van der Waals surface area contributed by atoms with E-state index in [2.05, 4.69) is 18.7 Å². The molecule has 1 aliphatic heterocycles. The Bertz CT molecular complexity index is 276. The Labute approximate surface area is 98.4 Å². The molecule has 92 valence electrons. The average Bonchev–Trinajstić information content (AvgIpc) is 2.26. The summed E-state index contributed by atoms with van der Waals surface area (Å²) in [5.41, 5.74) is 6.01. The highest BCUT2D eigenvalue weighted by atomic mass is 16.2. The van der Waals surface area contributed by atoms with Gasteiger partial charge in [0.15, 0.2) is 0 Å². The summed E-state index contributed by atoms with van der Waals surface area (Å²) in [6, 6.07) is 0. The van der Waals surface area contributed by atoms with Gasteiger partial charge < -0.3 is 10.6 Å². The van der Waals surface area contributed by atoms with E-state index in [-0.39, 0.29) is 10.8 Å². The summed E-state index contributed by atoms with van der Waals surface area (Å²) in [4.78, 5) is 14.4. The molecule has 16 heavy (non-hydrogen) atoms. The van der Waals surface area contributed by atoms with Crippen LogP contribution >= 0.6 is 0 Å². The van der Waals surface area contributed by atoms with Crippen LogP contribution in [0.25, 0.3) is 0 Å². The second-order valence-electron chi connectivity index (χ2n) is 6.22. The molecule has 2 N–H and O–H groups in total. The van der Waals surface area contributed by atoms with Crippen molar-refractivity contribution in [1.29, 1.82) is 0 Å². The summed E-state index contributed by atoms with van der Waals surface area (Å²) in [7, 11) is 0. The minimum absolute atomic E-state index is 0.0313. The third-order valence-electron chi connectivity index (χ3n) is 4.72. The lowest BCUT2D eigenvalue weighted by Gasteiger charge is -2.45. The van der Waals surface area contributed by atoms with E-state index in [0.717, 1.165) is 45.3 Å². The molecule has 1 heterocycles. The maximum atomic E-state index is 12.3. The average molecular weight is 224 g/mol. The number of hydrogen-bond donors (Lipinski definition) is 1. The second-order valence-corrected chi connectivity index (χ2v) is 6.22. The molecule has 3 nitrogen and oxygen atoms in total. The van der Waals surface area contributed by atoms with Crippen LogP contribution in [-0.2, 0) is 4.79 Å². The molecule has 1 saturated carbocycles. The fraction of sp³-hybridized carbons (Fsp3) is 0.923. The fourth-order valence-electron chi connectivity index (χ4n) is 2.76. The van der Waals surface area contributed by atoms with Gasteiger partial charge in [0, 0.05) is 18.5 Å². The molecule has 0 unspecified atom stereocenters. The third kappa shape index (κ3) is 1.97. The third-order valence-corrected chi connectivity index (χ3v) is 4.72. The van der Waals surface area contributed by atoms with Gasteiger partial charge in [0.2, 0.25) is 5.91 Å². The maximum absolute atomic E-state index is 12.3. The Hall–Kier alpha value is -0.570. The van der Waals surface area contributed by atoms with Gasteiger partial charge in [-0.2, -0.15) is 0 Å². The van der Waals surface area contributed by atoms with E-state index >= 15 is 0 Å². The SMILES string of the molecule is CC1(CN)CCN(C(=O)C2(C)CCC2)CC1. The Morgan fingerprint density at radius 2 is 1.75 bits per heavy atom. The minimum Gasteiger partial charge on any atom is -0.342 e. The highest BCUT2D eigenvalue weighted by Gasteiger charge is 2.43. The number of amides is 1. The molecular formula is C13H24N2O. The van der Waals surface area contributed by atoms with Gasteiger partial charge in [-0.25, -0.2) is 0 Å². The first-order valence-electron chi connectivity index (χ1n) is 6.49. The van der Waals surface area contributed by atoms with Crippen LogP contribution in [-0.4, -0.2) is 30.4 Å². The predicted octanol–water partition coefficient (Wildman–Crippen LogP) is 1.76. The van der Waals surface area contributed by atoms with Crippen molar-refractivity contribution in [2.24, 2.45) is 16.6 Å². The lowest BCUT2D eigenvalue weighted by molar-refractivity contribution is -0.148. The Morgan fingerprint density at radius 3 is 2.12 bits per heavy atom. The molecule has 2 fully saturated rings. The molecule has 2 aliphatic rings. The minimum atomic E-state index is -0.0313. The first-order chi connectivity index (χ1) is 7.49. The second kappa shape index (κ2) is 4.02. The van der Waals surface area contributed by atoms with Crippen LogP contribution in [0, 0.1) is 10.8 Å². The molecule has 2 rings (SSSR count). The molecule has 0 aromatic carbocycles. The lowest BCUT2D eigenvalue weighted by atomic mass is 9.69. The smallest absolute Gasteiger partial charge is 0.228 e. The van der Waals surface area contributed by atoms with Crippen molar-refractivity contribution in [3.05, 3.63) is 0 Å². The van der Waals surface area contributed by atoms with Crippen molar-refractivity contribution in [1.82, 2.24) is 4.90 Å². The number of carbonyl (C=O) groups is 1. The number of piperidine rings is 1. The van der Waals surface area contributed by atoms with Crippen LogP contribution in [0.15, 0.2) is 0 Å². The summed E-state index contributed by atoms with van der Waals surface area (Å²) >= 11 is 0. The van der Waals surface area contributed by atoms with Gasteiger partial charge in [-0.05, 0) is 37.6 Å². The summed E-state index contributed by atoms with van der Waals surface area (Å²) in [5.74, 6) is 0.387. The topological polar surface area (TPSA) is 46.3 Å². The van der Waals surface area contributed by atoms with E-state index in [4.69, 9.17) is 5.73 Å². The van der Waals surface area contributed by atoms with E-state index in [0.29, 0.717) is 5.91 Å². The zero-order valence-electron chi connectivity index (χ0n) is 10.6. The molecule has 1 amide bonds. The van der Waals surface area contributed by atoms with E-state index in [1.54, 1.807) is 0 Å². The van der Waals surface area contributed by atoms with Gasteiger partial charge in [0.05, 0.1) is 0 Å². The fourth-order valence-corrected chi connectivity index (χ4v) is 2.76. The molecule has 0 atom stereocenters. The normalized spacial score (nSPS) is 27.3. The van der Waals surface area contributed by atoms with Crippen molar-refractivity contribution < 1.29 is 4.79 Å². The molecule has 0 radical (unpaired) electrons. The highest BCUT2D eigenvalue weighted by molar-refractivity contribution is 5.83. The Balaban J connectivity index is 1.92. The molecular weight excluding hydrogens is 200 g/mol. The number of nitrogens with zero attached hydrogens (tertiary/aromatic N) is 1. The summed E-state index contributed by atoms with van der Waals surface area (Å²) < 4.78 is 0. The van der Waals surface area contributed by atoms with Crippen molar-refractivity contribution in [3.8, 4) is 0 Å². The first kappa shape index (κ1) is 11.9. The van der Waals surface area contributed by atoms with Crippen molar-refractivity contribution >= 4 is 5.91 Å². The molecule has 0 spiro atoms. The van der Waals surface area contributed by atoms with Crippen LogP contribution in [0.3, 0.4) is 0 Å². The number of nitrogens with two attached hydrogens (primary N) is 1. The monoisotopic (exact) mass is 224 g/mol. The predicted molar refractivity (Wildman–Crippen MR) is 64.9 cm³/mol. The molecule has 0 aromatic heterocycles. The van der Waals surface area contributed by atoms with Crippen LogP contribution in [0.1, 0.15) is 46.0 Å². The molecule has 1 aliphatic carbocycles. The Morgan fingerprint density at radius 1 is 1.19 bits per heavy atom. The standard InChI is InChI=1S/C13H24N2O/c1-12(10-14)6-8-15(9-7-12)11(16)13(2)4-3-5-13/h3-10,14H2,1-2H3. The van der Waals surface area contributed by atoms with Gasteiger partial charge in [-0.3, -0.25) is 4.79 Å². The Kier molecular flexibility index (Phi) is 2.99. The highest BCUT2D eigenvalue weighted by Crippen LogP contribution is 2.43. The first-order valence-corrected chi connectivity index (χ1v) is 6.49. The summed E-state index contributed by atoms with van der Waals surface area (Å²) in [5, 5.41) is 0. The van der Waals surface area contributed by atoms with Gasteiger partial charge >= 0.3 is 0 Å². The number of rotatable bonds is 2. The zero-order chi connectivity index (χ0) is 11.8. The summed E-state index contributed by atoms with van der Waals surface area (Å²) in [6.45, 7) is 6.91. The number of hydrogen-bond acceptors (Lipinski definition) is 2. The van der Waals surface area contributed by atoms with Crippen LogP contribution in [0.4, 0.5) is 0 Å². The molecule has 1 saturated heterocycles. The molecule has 3 heteroatoms. The number of carbonyl (C=O) groups excluding carboxylic acids is 1. The molecule has 0 aromatic rings. The van der Waals surface area contributed by atoms with E-state index in [1.165, 1.54) is 6.42 Å². The quantitative estimate of drug-likeness (QED) is 0.777. The van der Waals surface area contributed by atoms with Crippen LogP contribution in [0.5, 0.6) is 0 Å². The lowest BCUT2D eigenvalue weighted by Crippen LogP contribution is -2.51. The molecule has 0 bridgehead atoms. The van der Waals surface area contributed by atoms with Crippen LogP contribution < -0.4 is 5.73 Å². The van der Waals surface area contributed by atoms with Gasteiger partial charge in [0.25, 0.3) is 0 Å². The van der Waals surface area contributed by atoms with E-state index in [9.17, 15) is 4.79 Å². The largest absolute Gasteiger partial charge is 0.342 e.